The smallest absolute Gasteiger partial charge is 0.389 e. The number of methoxy groups -OCH3 is 1. The van der Waals surface area contributed by atoms with Gasteiger partial charge in [-0.1, -0.05) is 6.92 Å². The molecule has 0 fully saturated rings. The Bertz CT molecular complexity index is 731. The monoisotopic (exact) mass is 324 g/mol. The maximum Gasteiger partial charge on any atom is 0.389 e. The van der Waals surface area contributed by atoms with E-state index in [1.165, 1.54) is 25.6 Å². The summed E-state index contributed by atoms with van der Waals surface area (Å²) in [5.41, 5.74) is 0.704. The van der Waals surface area contributed by atoms with Gasteiger partial charge in [-0.25, -0.2) is 9.97 Å². The van der Waals surface area contributed by atoms with Crippen molar-refractivity contribution in [3.05, 3.63) is 35.5 Å². The van der Waals surface area contributed by atoms with E-state index >= 15 is 0 Å². The number of aromatic nitrogens is 3. The van der Waals surface area contributed by atoms with Crippen molar-refractivity contribution in [2.24, 2.45) is 0 Å². The first-order valence-electron chi connectivity index (χ1n) is 6.96. The zero-order valence-electron chi connectivity index (χ0n) is 12.7. The Morgan fingerprint density at radius 2 is 2.04 bits per heavy atom. The molecule has 2 aromatic heterocycles. The minimum atomic E-state index is -4.22. The number of aryl methyl sites for hydroxylation is 2. The van der Waals surface area contributed by atoms with Crippen LogP contribution in [-0.2, 0) is 12.8 Å². The summed E-state index contributed by atoms with van der Waals surface area (Å²) < 4.78 is 43.8. The molecular formula is C15H15F3N4O. The van der Waals surface area contributed by atoms with E-state index in [-0.39, 0.29) is 12.1 Å². The molecule has 0 N–H and O–H groups in total. The summed E-state index contributed by atoms with van der Waals surface area (Å²) in [6.45, 7) is 1.88. The zero-order chi connectivity index (χ0) is 17.0. The van der Waals surface area contributed by atoms with E-state index in [1.807, 2.05) is 13.0 Å². The molecule has 122 valence electrons. The number of alkyl halides is 3. The summed E-state index contributed by atoms with van der Waals surface area (Å²) in [6.07, 6.45) is -1.96. The average Bonchev–Trinajstić information content (AvgIpc) is 2.94. The molecule has 2 rings (SSSR count). The van der Waals surface area contributed by atoms with Crippen LogP contribution < -0.4 is 4.74 Å². The number of ether oxygens (including phenoxy) is 1. The third kappa shape index (κ3) is 3.80. The molecule has 0 saturated carbocycles. The first-order chi connectivity index (χ1) is 10.9. The first-order valence-corrected chi connectivity index (χ1v) is 6.96. The van der Waals surface area contributed by atoms with E-state index in [0.29, 0.717) is 29.4 Å². The van der Waals surface area contributed by atoms with Crippen molar-refractivity contribution in [2.75, 3.05) is 7.11 Å². The molecule has 5 nitrogen and oxygen atoms in total. The Kier molecular flexibility index (Phi) is 4.89. The molecule has 0 atom stereocenters. The molecule has 0 aliphatic rings. The zero-order valence-corrected chi connectivity index (χ0v) is 12.7. The van der Waals surface area contributed by atoms with E-state index < -0.39 is 12.6 Å². The third-order valence-electron chi connectivity index (χ3n) is 3.28. The highest BCUT2D eigenvalue weighted by molar-refractivity contribution is 5.46. The van der Waals surface area contributed by atoms with E-state index in [0.717, 1.165) is 0 Å². The van der Waals surface area contributed by atoms with Crippen LogP contribution >= 0.6 is 0 Å². The van der Waals surface area contributed by atoms with Crippen LogP contribution in [0.3, 0.4) is 0 Å². The van der Waals surface area contributed by atoms with Gasteiger partial charge < -0.3 is 4.74 Å². The predicted molar refractivity (Wildman–Crippen MR) is 76.4 cm³/mol. The normalized spacial score (nSPS) is 11.3. The van der Waals surface area contributed by atoms with Gasteiger partial charge in [-0.05, 0) is 18.1 Å². The fourth-order valence-electron chi connectivity index (χ4n) is 2.17. The number of nitrogens with zero attached hydrogens (tertiary/aromatic N) is 4. The lowest BCUT2D eigenvalue weighted by Crippen LogP contribution is -2.10. The van der Waals surface area contributed by atoms with Crippen LogP contribution in [0.1, 0.15) is 30.4 Å². The lowest BCUT2D eigenvalue weighted by atomic mass is 10.1. The van der Waals surface area contributed by atoms with Crippen molar-refractivity contribution >= 4 is 0 Å². The lowest BCUT2D eigenvalue weighted by molar-refractivity contribution is -0.134. The van der Waals surface area contributed by atoms with Crippen molar-refractivity contribution in [3.63, 3.8) is 0 Å². The number of imidazole rings is 1. The second-order valence-electron chi connectivity index (χ2n) is 4.85. The lowest BCUT2D eigenvalue weighted by Gasteiger charge is -2.13. The molecule has 2 heterocycles. The van der Waals surface area contributed by atoms with E-state index in [4.69, 9.17) is 4.74 Å². The van der Waals surface area contributed by atoms with Gasteiger partial charge >= 0.3 is 6.18 Å². The van der Waals surface area contributed by atoms with Crippen LogP contribution in [0.2, 0.25) is 0 Å². The first kappa shape index (κ1) is 16.8. The molecule has 0 radical (unpaired) electrons. The molecule has 0 amide bonds. The number of hydrogen-bond acceptors (Lipinski definition) is 4. The summed E-state index contributed by atoms with van der Waals surface area (Å²) in [6, 6.07) is 3.52. The molecule has 23 heavy (non-hydrogen) atoms. The van der Waals surface area contributed by atoms with Gasteiger partial charge in [0.25, 0.3) is 0 Å². The van der Waals surface area contributed by atoms with Gasteiger partial charge in [0.15, 0.2) is 11.6 Å². The topological polar surface area (TPSA) is 63.7 Å². The molecule has 0 aliphatic carbocycles. The van der Waals surface area contributed by atoms with Gasteiger partial charge in [-0.3, -0.25) is 4.57 Å². The molecule has 0 spiro atoms. The number of rotatable bonds is 5. The van der Waals surface area contributed by atoms with Crippen LogP contribution in [0.4, 0.5) is 13.2 Å². The van der Waals surface area contributed by atoms with Crippen molar-refractivity contribution in [1.29, 1.82) is 5.26 Å². The Balaban J connectivity index is 2.41. The van der Waals surface area contributed by atoms with Crippen LogP contribution in [0.5, 0.6) is 5.75 Å². The molecule has 0 bridgehead atoms. The standard InChI is InChI=1S/C15H15F3N4O/c1-3-13-20-9-11(7-19)22(13)14-12(23-2)6-10(8-21-14)4-5-15(16,17)18/h6,8-9H,3-5H2,1-2H3. The van der Waals surface area contributed by atoms with Crippen molar-refractivity contribution in [1.82, 2.24) is 14.5 Å². The summed E-state index contributed by atoms with van der Waals surface area (Å²) >= 11 is 0. The molecular weight excluding hydrogens is 309 g/mol. The van der Waals surface area contributed by atoms with Gasteiger partial charge in [0.05, 0.1) is 13.3 Å². The molecule has 0 saturated heterocycles. The summed E-state index contributed by atoms with van der Waals surface area (Å²) in [5, 5.41) is 9.18. The van der Waals surface area contributed by atoms with Gasteiger partial charge in [0.1, 0.15) is 17.6 Å². The molecule has 0 unspecified atom stereocenters. The van der Waals surface area contributed by atoms with Crippen LogP contribution in [-0.4, -0.2) is 27.8 Å². The van der Waals surface area contributed by atoms with E-state index in [1.54, 1.807) is 4.57 Å². The average molecular weight is 324 g/mol. The fraction of sp³-hybridized carbons (Fsp3) is 0.400. The highest BCUT2D eigenvalue weighted by Gasteiger charge is 2.27. The largest absolute Gasteiger partial charge is 0.493 e. The number of pyridine rings is 1. The van der Waals surface area contributed by atoms with Gasteiger partial charge in [0.2, 0.25) is 0 Å². The Labute approximate surface area is 131 Å². The second-order valence-corrected chi connectivity index (χ2v) is 4.85. The maximum atomic E-state index is 12.3. The number of hydrogen-bond donors (Lipinski definition) is 0. The summed E-state index contributed by atoms with van der Waals surface area (Å²) in [5.74, 6) is 1.26. The minimum Gasteiger partial charge on any atom is -0.493 e. The molecule has 0 aromatic carbocycles. The maximum absolute atomic E-state index is 12.3. The quantitative estimate of drug-likeness (QED) is 0.847. The van der Waals surface area contributed by atoms with Gasteiger partial charge in [0, 0.05) is 19.0 Å². The molecule has 0 aliphatic heterocycles. The minimum absolute atomic E-state index is 0.178. The second kappa shape index (κ2) is 6.69. The highest BCUT2D eigenvalue weighted by Crippen LogP contribution is 2.27. The molecule has 8 heteroatoms. The van der Waals surface area contributed by atoms with Gasteiger partial charge in [-0.2, -0.15) is 18.4 Å². The van der Waals surface area contributed by atoms with Crippen LogP contribution in [0.15, 0.2) is 18.5 Å². The number of halogens is 3. The van der Waals surface area contributed by atoms with Crippen molar-refractivity contribution in [2.45, 2.75) is 32.4 Å². The summed E-state index contributed by atoms with van der Waals surface area (Å²) in [4.78, 5) is 8.33. The SMILES string of the molecule is CCc1ncc(C#N)n1-c1ncc(CCC(F)(F)F)cc1OC. The predicted octanol–water partition coefficient (Wildman–Crippen LogP) is 3.20. The van der Waals surface area contributed by atoms with Crippen LogP contribution in [0.25, 0.3) is 5.82 Å². The Morgan fingerprint density at radius 3 is 2.61 bits per heavy atom. The fourth-order valence-corrected chi connectivity index (χ4v) is 2.17. The van der Waals surface area contributed by atoms with E-state index in [2.05, 4.69) is 9.97 Å². The Morgan fingerprint density at radius 1 is 1.30 bits per heavy atom. The van der Waals surface area contributed by atoms with Gasteiger partial charge in [-0.15, -0.1) is 0 Å². The van der Waals surface area contributed by atoms with E-state index in [9.17, 15) is 18.4 Å². The van der Waals surface area contributed by atoms with Crippen molar-refractivity contribution < 1.29 is 17.9 Å². The molecule has 2 aromatic rings. The summed E-state index contributed by atoms with van der Waals surface area (Å²) in [7, 11) is 1.41. The van der Waals surface area contributed by atoms with Crippen LogP contribution in [0, 0.1) is 11.3 Å². The van der Waals surface area contributed by atoms with Crippen molar-refractivity contribution in [3.8, 4) is 17.6 Å². The number of nitriles is 1. The third-order valence-corrected chi connectivity index (χ3v) is 3.28. The highest BCUT2D eigenvalue weighted by atomic mass is 19.4. The Hall–Kier alpha value is -2.56.